The summed E-state index contributed by atoms with van der Waals surface area (Å²) in [7, 11) is 0. The highest BCUT2D eigenvalue weighted by Gasteiger charge is 2.09. The van der Waals surface area contributed by atoms with Crippen molar-refractivity contribution in [3.63, 3.8) is 0 Å². The standard InChI is InChI=1S/C15H15NO3/c1-10-6-7-14(17)11(8-10)9-16-13-5-3-2-4-12(13)15(18)19/h2-8,16-17H,9H2,1H3,(H,18,19). The number of aryl methyl sites for hydroxylation is 1. The van der Waals surface area contributed by atoms with Gasteiger partial charge in [0.15, 0.2) is 0 Å². The number of para-hydroxylation sites is 1. The van der Waals surface area contributed by atoms with Gasteiger partial charge in [0.2, 0.25) is 0 Å². The molecule has 0 bridgehead atoms. The maximum absolute atomic E-state index is 11.1. The lowest BCUT2D eigenvalue weighted by Gasteiger charge is -2.11. The van der Waals surface area contributed by atoms with E-state index in [2.05, 4.69) is 5.32 Å². The summed E-state index contributed by atoms with van der Waals surface area (Å²) in [5, 5.41) is 21.8. The number of aromatic hydroxyl groups is 1. The number of benzene rings is 2. The van der Waals surface area contributed by atoms with Crippen molar-refractivity contribution in [1.29, 1.82) is 0 Å². The van der Waals surface area contributed by atoms with Crippen LogP contribution in [0.25, 0.3) is 0 Å². The third-order valence-electron chi connectivity index (χ3n) is 2.86. The van der Waals surface area contributed by atoms with Crippen molar-refractivity contribution in [2.75, 3.05) is 5.32 Å². The van der Waals surface area contributed by atoms with Crippen molar-refractivity contribution in [2.24, 2.45) is 0 Å². The van der Waals surface area contributed by atoms with Crippen molar-refractivity contribution in [3.05, 3.63) is 59.2 Å². The number of carboxylic acid groups (broad SMARTS) is 1. The van der Waals surface area contributed by atoms with Gasteiger partial charge >= 0.3 is 5.97 Å². The van der Waals surface area contributed by atoms with Crippen LogP contribution in [-0.2, 0) is 6.54 Å². The van der Waals surface area contributed by atoms with Gasteiger partial charge in [-0.3, -0.25) is 0 Å². The first-order valence-corrected chi connectivity index (χ1v) is 5.92. The maximum atomic E-state index is 11.1. The van der Waals surface area contributed by atoms with Crippen LogP contribution in [0.15, 0.2) is 42.5 Å². The Morgan fingerprint density at radius 2 is 1.95 bits per heavy atom. The van der Waals surface area contributed by atoms with E-state index in [1.807, 2.05) is 19.1 Å². The van der Waals surface area contributed by atoms with Crippen LogP contribution in [0.3, 0.4) is 0 Å². The van der Waals surface area contributed by atoms with E-state index in [0.717, 1.165) is 11.1 Å². The van der Waals surface area contributed by atoms with Crippen molar-refractivity contribution >= 4 is 11.7 Å². The number of phenolic OH excluding ortho intramolecular Hbond substituents is 1. The maximum Gasteiger partial charge on any atom is 0.337 e. The molecule has 0 heterocycles. The summed E-state index contributed by atoms with van der Waals surface area (Å²) < 4.78 is 0. The number of hydrogen-bond acceptors (Lipinski definition) is 3. The van der Waals surface area contributed by atoms with Crippen molar-refractivity contribution in [1.82, 2.24) is 0 Å². The summed E-state index contributed by atoms with van der Waals surface area (Å²) in [5.41, 5.74) is 2.53. The molecule has 2 aromatic carbocycles. The molecule has 4 heteroatoms. The van der Waals surface area contributed by atoms with Crippen LogP contribution in [0.1, 0.15) is 21.5 Å². The molecule has 0 saturated heterocycles. The molecule has 0 atom stereocenters. The lowest BCUT2D eigenvalue weighted by molar-refractivity contribution is 0.0698. The fourth-order valence-corrected chi connectivity index (χ4v) is 1.87. The predicted molar refractivity (Wildman–Crippen MR) is 73.6 cm³/mol. The molecule has 0 spiro atoms. The molecule has 2 rings (SSSR count). The molecule has 0 amide bonds. The van der Waals surface area contributed by atoms with Gasteiger partial charge in [-0.1, -0.05) is 29.8 Å². The Hall–Kier alpha value is -2.49. The van der Waals surface area contributed by atoms with Gasteiger partial charge in [0.05, 0.1) is 5.56 Å². The average Bonchev–Trinajstić information content (AvgIpc) is 2.40. The highest BCUT2D eigenvalue weighted by Crippen LogP contribution is 2.21. The molecule has 19 heavy (non-hydrogen) atoms. The van der Waals surface area contributed by atoms with Gasteiger partial charge in [-0.15, -0.1) is 0 Å². The van der Waals surface area contributed by atoms with E-state index in [4.69, 9.17) is 5.11 Å². The monoisotopic (exact) mass is 257 g/mol. The number of aromatic carboxylic acids is 1. The molecule has 2 aromatic rings. The van der Waals surface area contributed by atoms with E-state index >= 15 is 0 Å². The van der Waals surface area contributed by atoms with Crippen LogP contribution in [0.4, 0.5) is 5.69 Å². The molecule has 0 aliphatic rings. The van der Waals surface area contributed by atoms with Crippen molar-refractivity contribution in [2.45, 2.75) is 13.5 Å². The number of carboxylic acids is 1. The predicted octanol–water partition coefficient (Wildman–Crippen LogP) is 3.01. The number of rotatable bonds is 4. The van der Waals surface area contributed by atoms with Gasteiger partial charge in [-0.25, -0.2) is 4.79 Å². The molecule has 0 aromatic heterocycles. The summed E-state index contributed by atoms with van der Waals surface area (Å²) in [6.07, 6.45) is 0. The van der Waals surface area contributed by atoms with E-state index in [1.54, 1.807) is 30.3 Å². The number of carbonyl (C=O) groups is 1. The highest BCUT2D eigenvalue weighted by atomic mass is 16.4. The van der Waals surface area contributed by atoms with E-state index in [9.17, 15) is 9.90 Å². The summed E-state index contributed by atoms with van der Waals surface area (Å²) in [6.45, 7) is 2.31. The van der Waals surface area contributed by atoms with Gasteiger partial charge in [0.25, 0.3) is 0 Å². The topological polar surface area (TPSA) is 69.6 Å². The summed E-state index contributed by atoms with van der Waals surface area (Å²) in [5.74, 6) is -0.775. The first-order valence-electron chi connectivity index (χ1n) is 5.92. The van der Waals surface area contributed by atoms with Crippen LogP contribution >= 0.6 is 0 Å². The minimum Gasteiger partial charge on any atom is -0.508 e. The second-order valence-electron chi connectivity index (χ2n) is 4.34. The van der Waals surface area contributed by atoms with Crippen LogP contribution < -0.4 is 5.32 Å². The zero-order valence-electron chi connectivity index (χ0n) is 10.6. The highest BCUT2D eigenvalue weighted by molar-refractivity contribution is 5.94. The lowest BCUT2D eigenvalue weighted by Crippen LogP contribution is -2.06. The fraction of sp³-hybridized carbons (Fsp3) is 0.133. The van der Waals surface area contributed by atoms with E-state index in [0.29, 0.717) is 12.2 Å². The minimum atomic E-state index is -0.975. The van der Waals surface area contributed by atoms with Gasteiger partial charge in [0.1, 0.15) is 5.75 Å². The molecular formula is C15H15NO3. The summed E-state index contributed by atoms with van der Waals surface area (Å²) >= 11 is 0. The second-order valence-corrected chi connectivity index (χ2v) is 4.34. The Balaban J connectivity index is 2.19. The Kier molecular flexibility index (Phi) is 3.71. The fourth-order valence-electron chi connectivity index (χ4n) is 1.87. The Bertz CT molecular complexity index is 608. The zero-order valence-corrected chi connectivity index (χ0v) is 10.6. The molecule has 0 saturated carbocycles. The average molecular weight is 257 g/mol. The largest absolute Gasteiger partial charge is 0.508 e. The van der Waals surface area contributed by atoms with Crippen LogP contribution in [0.2, 0.25) is 0 Å². The number of nitrogens with one attached hydrogen (secondary N) is 1. The van der Waals surface area contributed by atoms with Gasteiger partial charge in [-0.05, 0) is 25.1 Å². The molecule has 3 N–H and O–H groups in total. The van der Waals surface area contributed by atoms with E-state index in [-0.39, 0.29) is 11.3 Å². The molecule has 0 fully saturated rings. The lowest BCUT2D eigenvalue weighted by atomic mass is 10.1. The van der Waals surface area contributed by atoms with Crippen molar-refractivity contribution < 1.29 is 15.0 Å². The number of anilines is 1. The normalized spacial score (nSPS) is 10.2. The molecule has 0 aliphatic heterocycles. The zero-order chi connectivity index (χ0) is 13.8. The van der Waals surface area contributed by atoms with Gasteiger partial charge < -0.3 is 15.5 Å². The molecule has 98 valence electrons. The first kappa shape index (κ1) is 13.0. The first-order chi connectivity index (χ1) is 9.08. The van der Waals surface area contributed by atoms with Crippen LogP contribution in [0.5, 0.6) is 5.75 Å². The second kappa shape index (κ2) is 5.44. The van der Waals surface area contributed by atoms with E-state index in [1.165, 1.54) is 0 Å². The van der Waals surface area contributed by atoms with Crippen molar-refractivity contribution in [3.8, 4) is 5.75 Å². The third kappa shape index (κ3) is 3.04. The minimum absolute atomic E-state index is 0.200. The molecule has 0 radical (unpaired) electrons. The third-order valence-corrected chi connectivity index (χ3v) is 2.86. The molecule has 0 unspecified atom stereocenters. The van der Waals surface area contributed by atoms with Crippen LogP contribution in [-0.4, -0.2) is 16.2 Å². The quantitative estimate of drug-likeness (QED) is 0.787. The number of hydrogen-bond donors (Lipinski definition) is 3. The molecular weight excluding hydrogens is 242 g/mol. The summed E-state index contributed by atoms with van der Waals surface area (Å²) in [4.78, 5) is 11.1. The van der Waals surface area contributed by atoms with Gasteiger partial charge in [-0.2, -0.15) is 0 Å². The Labute approximate surface area is 111 Å². The molecule has 0 aliphatic carbocycles. The smallest absolute Gasteiger partial charge is 0.337 e. The number of phenols is 1. The van der Waals surface area contributed by atoms with E-state index < -0.39 is 5.97 Å². The SMILES string of the molecule is Cc1ccc(O)c(CNc2ccccc2C(=O)O)c1. The van der Waals surface area contributed by atoms with Crippen LogP contribution in [0, 0.1) is 6.92 Å². The Morgan fingerprint density at radius 1 is 1.21 bits per heavy atom. The molecule has 4 nitrogen and oxygen atoms in total. The van der Waals surface area contributed by atoms with Gasteiger partial charge in [0, 0.05) is 17.8 Å². The summed E-state index contributed by atoms with van der Waals surface area (Å²) in [6, 6.07) is 12.0. The Morgan fingerprint density at radius 3 is 2.68 bits per heavy atom.